The average molecular weight is 590 g/mol. The van der Waals surface area contributed by atoms with Crippen molar-refractivity contribution < 1.29 is 17.9 Å². The van der Waals surface area contributed by atoms with Crippen LogP contribution in [0.4, 0.5) is 5.69 Å². The normalized spacial score (nSPS) is 23.0. The van der Waals surface area contributed by atoms with Crippen molar-refractivity contribution in [2.24, 2.45) is 11.3 Å². The molecule has 2 atom stereocenters. The lowest BCUT2D eigenvalue weighted by Gasteiger charge is -2.31. The van der Waals surface area contributed by atoms with Crippen molar-refractivity contribution in [3.05, 3.63) is 54.2 Å². The molecule has 0 amide bonds. The quantitative estimate of drug-likeness (QED) is 0.306. The number of hydrogen-bond acceptors (Lipinski definition) is 8. The van der Waals surface area contributed by atoms with Gasteiger partial charge in [0.1, 0.15) is 16.5 Å². The van der Waals surface area contributed by atoms with Gasteiger partial charge in [0, 0.05) is 37.0 Å². The minimum atomic E-state index is -2.95. The number of nitrogens with zero attached hydrogens (tertiary/aromatic N) is 3. The molecule has 3 aromatic rings. The number of anilines is 1. The topological polar surface area (TPSA) is 100 Å². The van der Waals surface area contributed by atoms with Gasteiger partial charge in [-0.3, -0.25) is 4.79 Å². The summed E-state index contributed by atoms with van der Waals surface area (Å²) in [5.41, 5.74) is 3.50. The molecule has 2 aromatic carbocycles. The fraction of sp³-hybridized carbons (Fsp3) is 0.469. The standard InChI is InChI=1S/C32H35N3O4S2/c1-39-28-9-5-4-8-26(28)31-34-29(25-7-3-2-6-24(25)27(36)20-32(21-33)14-15-32)30(40-31)22-10-12-23(13-11-22)35-16-18-41(37,38)19-17-35/h4-5,8-13,24-25H,2-3,6-7,14-20H2,1H3/t24-,25-/m1/s1. The summed E-state index contributed by atoms with van der Waals surface area (Å²) in [4.78, 5) is 22.1. The molecule has 0 bridgehead atoms. The highest BCUT2D eigenvalue weighted by Gasteiger charge is 2.47. The van der Waals surface area contributed by atoms with Gasteiger partial charge in [-0.25, -0.2) is 13.4 Å². The molecule has 1 aliphatic heterocycles. The first kappa shape index (κ1) is 27.9. The largest absolute Gasteiger partial charge is 0.496 e. The van der Waals surface area contributed by atoms with Gasteiger partial charge in [0.15, 0.2) is 9.84 Å². The number of rotatable bonds is 8. The van der Waals surface area contributed by atoms with Crippen molar-refractivity contribution in [2.45, 2.75) is 50.9 Å². The maximum absolute atomic E-state index is 13.6. The van der Waals surface area contributed by atoms with E-state index in [1.165, 1.54) is 0 Å². The Hall–Kier alpha value is -3.22. The number of sulfone groups is 1. The van der Waals surface area contributed by atoms with Crippen LogP contribution in [0.2, 0.25) is 0 Å². The van der Waals surface area contributed by atoms with Crippen LogP contribution in [-0.4, -0.2) is 50.9 Å². The fourth-order valence-corrected chi connectivity index (χ4v) is 8.68. The van der Waals surface area contributed by atoms with Gasteiger partial charge in [-0.05, 0) is 55.5 Å². The molecule has 0 N–H and O–H groups in total. The number of nitriles is 1. The Bertz CT molecular complexity index is 1570. The second kappa shape index (κ2) is 11.2. The minimum absolute atomic E-state index is 0.00688. The summed E-state index contributed by atoms with van der Waals surface area (Å²) >= 11 is 1.63. The Balaban J connectivity index is 1.37. The van der Waals surface area contributed by atoms with Crippen molar-refractivity contribution in [1.82, 2.24) is 4.98 Å². The molecule has 3 fully saturated rings. The summed E-state index contributed by atoms with van der Waals surface area (Å²) in [6.45, 7) is 1.00. The third-order valence-electron chi connectivity index (χ3n) is 8.96. The number of thiazole rings is 1. The van der Waals surface area contributed by atoms with Gasteiger partial charge in [0.05, 0.1) is 46.2 Å². The second-order valence-electron chi connectivity index (χ2n) is 11.7. The minimum Gasteiger partial charge on any atom is -0.496 e. The van der Waals surface area contributed by atoms with Crippen molar-refractivity contribution in [3.63, 3.8) is 0 Å². The van der Waals surface area contributed by atoms with E-state index in [1.54, 1.807) is 18.4 Å². The average Bonchev–Trinajstić information content (AvgIpc) is 3.63. The summed E-state index contributed by atoms with van der Waals surface area (Å²) in [7, 11) is -1.28. The number of hydrogen-bond donors (Lipinski definition) is 0. The maximum Gasteiger partial charge on any atom is 0.153 e. The van der Waals surface area contributed by atoms with Crippen LogP contribution in [-0.2, 0) is 14.6 Å². The lowest BCUT2D eigenvalue weighted by atomic mass is 9.73. The van der Waals surface area contributed by atoms with E-state index in [4.69, 9.17) is 9.72 Å². The maximum atomic E-state index is 13.6. The zero-order chi connectivity index (χ0) is 28.6. The van der Waals surface area contributed by atoms with Crippen LogP contribution in [0.1, 0.15) is 56.6 Å². The Morgan fingerprint density at radius 3 is 2.49 bits per heavy atom. The molecule has 1 aromatic heterocycles. The number of Topliss-reactive ketones (excluding diaryl/α,β-unsaturated/α-hetero) is 1. The van der Waals surface area contributed by atoms with Gasteiger partial charge in [-0.15, -0.1) is 11.3 Å². The fourth-order valence-electron chi connectivity index (χ4n) is 6.31. The van der Waals surface area contributed by atoms with Gasteiger partial charge in [0.2, 0.25) is 0 Å². The van der Waals surface area contributed by atoms with Gasteiger partial charge in [-0.1, -0.05) is 37.1 Å². The summed E-state index contributed by atoms with van der Waals surface area (Å²) in [6, 6.07) is 18.6. The third-order valence-corrected chi connectivity index (χ3v) is 11.7. The summed E-state index contributed by atoms with van der Waals surface area (Å²) < 4.78 is 29.5. The van der Waals surface area contributed by atoms with Crippen LogP contribution in [0.3, 0.4) is 0 Å². The zero-order valence-electron chi connectivity index (χ0n) is 23.3. The number of methoxy groups -OCH3 is 1. The molecule has 0 radical (unpaired) electrons. The van der Waals surface area contributed by atoms with E-state index in [2.05, 4.69) is 35.2 Å². The number of carbonyl (C=O) groups is 1. The van der Waals surface area contributed by atoms with Crippen LogP contribution < -0.4 is 9.64 Å². The molecule has 9 heteroatoms. The molecule has 6 rings (SSSR count). The molecule has 2 aliphatic carbocycles. The van der Waals surface area contributed by atoms with Gasteiger partial charge >= 0.3 is 0 Å². The van der Waals surface area contributed by atoms with Crippen LogP contribution in [0, 0.1) is 22.7 Å². The van der Waals surface area contributed by atoms with E-state index in [9.17, 15) is 18.5 Å². The molecule has 1 saturated heterocycles. The first-order chi connectivity index (χ1) is 19.8. The monoisotopic (exact) mass is 589 g/mol. The summed E-state index contributed by atoms with van der Waals surface area (Å²) in [5, 5.41) is 10.5. The Morgan fingerprint density at radius 1 is 1.10 bits per heavy atom. The number of ketones is 1. The number of benzene rings is 2. The second-order valence-corrected chi connectivity index (χ2v) is 15.0. The first-order valence-corrected chi connectivity index (χ1v) is 17.1. The van der Waals surface area contributed by atoms with E-state index in [-0.39, 0.29) is 29.1 Å². The summed E-state index contributed by atoms with van der Waals surface area (Å²) in [5.74, 6) is 1.21. The Morgan fingerprint density at radius 2 is 1.80 bits per heavy atom. The molecule has 0 unspecified atom stereocenters. The molecule has 0 spiro atoms. The van der Waals surface area contributed by atoms with Crippen molar-refractivity contribution in [1.29, 1.82) is 5.26 Å². The Kier molecular flexibility index (Phi) is 7.64. The molecule has 41 heavy (non-hydrogen) atoms. The SMILES string of the molecule is COc1ccccc1-c1nc([C@@H]2CCCC[C@H]2C(=O)CC2(C#N)CC2)c(-c2ccc(N3CCS(=O)(=O)CC3)cc2)s1. The molecule has 2 heterocycles. The van der Waals surface area contributed by atoms with Gasteiger partial charge in [0.25, 0.3) is 0 Å². The lowest BCUT2D eigenvalue weighted by molar-refractivity contribution is -0.125. The van der Waals surface area contributed by atoms with E-state index in [1.807, 2.05) is 24.3 Å². The van der Waals surface area contributed by atoms with E-state index < -0.39 is 15.3 Å². The number of aromatic nitrogens is 1. The van der Waals surface area contributed by atoms with Crippen molar-refractivity contribution in [2.75, 3.05) is 36.6 Å². The molecular formula is C32H35N3O4S2. The highest BCUT2D eigenvalue weighted by Crippen LogP contribution is 2.52. The highest BCUT2D eigenvalue weighted by molar-refractivity contribution is 7.91. The van der Waals surface area contributed by atoms with E-state index in [0.717, 1.165) is 76.7 Å². The molecular weight excluding hydrogens is 555 g/mol. The zero-order valence-corrected chi connectivity index (χ0v) is 25.0. The molecule has 214 valence electrons. The predicted molar refractivity (Wildman–Crippen MR) is 162 cm³/mol. The summed E-state index contributed by atoms with van der Waals surface area (Å²) in [6.07, 6.45) is 5.80. The number of carbonyl (C=O) groups excluding carboxylic acids is 1. The molecule has 2 saturated carbocycles. The molecule has 7 nitrogen and oxygen atoms in total. The van der Waals surface area contributed by atoms with E-state index >= 15 is 0 Å². The third kappa shape index (κ3) is 5.77. The van der Waals surface area contributed by atoms with Crippen LogP contribution in [0.5, 0.6) is 5.75 Å². The lowest BCUT2D eigenvalue weighted by Crippen LogP contribution is -2.40. The van der Waals surface area contributed by atoms with Crippen LogP contribution in [0.15, 0.2) is 48.5 Å². The number of ether oxygens (including phenoxy) is 1. The molecule has 3 aliphatic rings. The number of para-hydroxylation sites is 1. The Labute approximate surface area is 246 Å². The van der Waals surface area contributed by atoms with E-state index in [0.29, 0.717) is 19.5 Å². The van der Waals surface area contributed by atoms with Crippen LogP contribution in [0.25, 0.3) is 21.0 Å². The van der Waals surface area contributed by atoms with Crippen molar-refractivity contribution >= 4 is 32.6 Å². The van der Waals surface area contributed by atoms with Gasteiger partial charge in [-0.2, -0.15) is 5.26 Å². The highest BCUT2D eigenvalue weighted by atomic mass is 32.2. The van der Waals surface area contributed by atoms with Gasteiger partial charge < -0.3 is 9.64 Å². The predicted octanol–water partition coefficient (Wildman–Crippen LogP) is 6.26. The van der Waals surface area contributed by atoms with Crippen molar-refractivity contribution in [3.8, 4) is 32.8 Å². The van der Waals surface area contributed by atoms with Crippen LogP contribution >= 0.6 is 11.3 Å². The first-order valence-electron chi connectivity index (χ1n) is 14.5. The smallest absolute Gasteiger partial charge is 0.153 e.